The van der Waals surface area contributed by atoms with Crippen LogP contribution in [0.15, 0.2) is 15.9 Å². The topological polar surface area (TPSA) is 41.1 Å². The third kappa shape index (κ3) is 6.81. The SMILES string of the molecule is CCCNCCNC(=O)CCc1cc(Br)cs1. The molecule has 0 saturated carbocycles. The Hall–Kier alpha value is -0.390. The molecule has 0 fully saturated rings. The molecule has 5 heteroatoms. The van der Waals surface area contributed by atoms with Gasteiger partial charge in [-0.15, -0.1) is 11.3 Å². The summed E-state index contributed by atoms with van der Waals surface area (Å²) in [5, 5.41) is 8.20. The molecule has 0 spiro atoms. The second kappa shape index (κ2) is 8.66. The average molecular weight is 319 g/mol. The summed E-state index contributed by atoms with van der Waals surface area (Å²) in [4.78, 5) is 12.8. The molecule has 0 unspecified atom stereocenters. The normalized spacial score (nSPS) is 10.5. The molecule has 0 aliphatic heterocycles. The van der Waals surface area contributed by atoms with Crippen LogP contribution in [0.5, 0.6) is 0 Å². The number of carbonyl (C=O) groups excluding carboxylic acids is 1. The number of hydrogen-bond acceptors (Lipinski definition) is 3. The molecule has 0 saturated heterocycles. The van der Waals surface area contributed by atoms with Gasteiger partial charge in [-0.25, -0.2) is 0 Å². The summed E-state index contributed by atoms with van der Waals surface area (Å²) < 4.78 is 1.10. The summed E-state index contributed by atoms with van der Waals surface area (Å²) in [5.41, 5.74) is 0. The third-order valence-corrected chi connectivity index (χ3v) is 4.03. The zero-order chi connectivity index (χ0) is 12.5. The number of nitrogens with one attached hydrogen (secondary N) is 2. The van der Waals surface area contributed by atoms with Gasteiger partial charge >= 0.3 is 0 Å². The number of aryl methyl sites for hydroxylation is 1. The predicted molar refractivity (Wildman–Crippen MR) is 76.5 cm³/mol. The molecule has 3 nitrogen and oxygen atoms in total. The summed E-state index contributed by atoms with van der Waals surface area (Å²) in [7, 11) is 0. The lowest BCUT2D eigenvalue weighted by atomic mass is 10.2. The smallest absolute Gasteiger partial charge is 0.220 e. The van der Waals surface area contributed by atoms with Crippen molar-refractivity contribution in [1.82, 2.24) is 10.6 Å². The standard InChI is InChI=1S/C12H19BrN2OS/c1-2-5-14-6-7-15-12(16)4-3-11-8-10(13)9-17-11/h8-9,14H,2-7H2,1H3,(H,15,16). The molecular weight excluding hydrogens is 300 g/mol. The lowest BCUT2D eigenvalue weighted by molar-refractivity contribution is -0.121. The van der Waals surface area contributed by atoms with E-state index < -0.39 is 0 Å². The van der Waals surface area contributed by atoms with E-state index in [0.717, 1.165) is 30.4 Å². The lowest BCUT2D eigenvalue weighted by Crippen LogP contribution is -2.32. The summed E-state index contributed by atoms with van der Waals surface area (Å²) in [5.74, 6) is 0.132. The molecule has 0 bridgehead atoms. The lowest BCUT2D eigenvalue weighted by Gasteiger charge is -2.05. The van der Waals surface area contributed by atoms with Gasteiger partial charge in [-0.1, -0.05) is 6.92 Å². The molecule has 2 N–H and O–H groups in total. The van der Waals surface area contributed by atoms with Crippen LogP contribution >= 0.6 is 27.3 Å². The molecule has 1 aromatic heterocycles. The van der Waals surface area contributed by atoms with Gasteiger partial charge in [-0.3, -0.25) is 4.79 Å². The van der Waals surface area contributed by atoms with Crippen molar-refractivity contribution in [3.05, 3.63) is 20.8 Å². The molecule has 17 heavy (non-hydrogen) atoms. The number of hydrogen-bond donors (Lipinski definition) is 2. The quantitative estimate of drug-likeness (QED) is 0.723. The fourth-order valence-corrected chi connectivity index (χ4v) is 2.86. The Morgan fingerprint density at radius 3 is 2.88 bits per heavy atom. The first-order valence-electron chi connectivity index (χ1n) is 5.92. The Balaban J connectivity index is 2.05. The van der Waals surface area contributed by atoms with Crippen LogP contribution in [0.3, 0.4) is 0 Å². The van der Waals surface area contributed by atoms with E-state index in [0.29, 0.717) is 13.0 Å². The highest BCUT2D eigenvalue weighted by molar-refractivity contribution is 9.10. The van der Waals surface area contributed by atoms with Crippen LogP contribution in [-0.4, -0.2) is 25.5 Å². The van der Waals surface area contributed by atoms with Crippen molar-refractivity contribution >= 4 is 33.2 Å². The van der Waals surface area contributed by atoms with Crippen LogP contribution in [0, 0.1) is 0 Å². The maximum Gasteiger partial charge on any atom is 0.220 e. The van der Waals surface area contributed by atoms with Crippen molar-refractivity contribution in [3.8, 4) is 0 Å². The van der Waals surface area contributed by atoms with Crippen LogP contribution in [-0.2, 0) is 11.2 Å². The number of carbonyl (C=O) groups is 1. The van der Waals surface area contributed by atoms with Gasteiger partial charge in [0.2, 0.25) is 5.91 Å². The van der Waals surface area contributed by atoms with Crippen molar-refractivity contribution in [2.24, 2.45) is 0 Å². The maximum absolute atomic E-state index is 11.5. The van der Waals surface area contributed by atoms with E-state index in [1.165, 1.54) is 4.88 Å². The molecule has 0 aliphatic rings. The Labute approximate surface area is 115 Å². The number of amides is 1. The predicted octanol–water partition coefficient (Wildman–Crippen LogP) is 2.56. The molecule has 0 aromatic carbocycles. The molecule has 0 atom stereocenters. The molecule has 1 aromatic rings. The van der Waals surface area contributed by atoms with Gasteiger partial charge in [-0.05, 0) is 41.4 Å². The van der Waals surface area contributed by atoms with E-state index in [4.69, 9.17) is 0 Å². The highest BCUT2D eigenvalue weighted by Crippen LogP contribution is 2.20. The van der Waals surface area contributed by atoms with Crippen LogP contribution in [0.25, 0.3) is 0 Å². The minimum absolute atomic E-state index is 0.132. The van der Waals surface area contributed by atoms with Crippen molar-refractivity contribution in [2.75, 3.05) is 19.6 Å². The minimum atomic E-state index is 0.132. The Bertz CT molecular complexity index is 341. The van der Waals surface area contributed by atoms with E-state index in [-0.39, 0.29) is 5.91 Å². The van der Waals surface area contributed by atoms with Crippen molar-refractivity contribution in [2.45, 2.75) is 26.2 Å². The molecule has 1 heterocycles. The van der Waals surface area contributed by atoms with Gasteiger partial charge in [0, 0.05) is 34.2 Å². The first kappa shape index (κ1) is 14.7. The van der Waals surface area contributed by atoms with Crippen molar-refractivity contribution < 1.29 is 4.79 Å². The number of thiophene rings is 1. The Morgan fingerprint density at radius 2 is 2.24 bits per heavy atom. The molecule has 0 radical (unpaired) electrons. The second-order valence-electron chi connectivity index (χ2n) is 3.83. The van der Waals surface area contributed by atoms with E-state index in [1.54, 1.807) is 11.3 Å². The Morgan fingerprint density at radius 1 is 1.41 bits per heavy atom. The Kier molecular flexibility index (Phi) is 7.48. The summed E-state index contributed by atoms with van der Waals surface area (Å²) in [6.45, 7) is 4.71. The van der Waals surface area contributed by atoms with Crippen molar-refractivity contribution in [1.29, 1.82) is 0 Å². The van der Waals surface area contributed by atoms with Crippen LogP contribution in [0.2, 0.25) is 0 Å². The van der Waals surface area contributed by atoms with Gasteiger partial charge in [0.25, 0.3) is 0 Å². The van der Waals surface area contributed by atoms with Crippen LogP contribution < -0.4 is 10.6 Å². The fourth-order valence-electron chi connectivity index (χ4n) is 1.40. The largest absolute Gasteiger partial charge is 0.355 e. The third-order valence-electron chi connectivity index (χ3n) is 2.27. The minimum Gasteiger partial charge on any atom is -0.355 e. The second-order valence-corrected chi connectivity index (χ2v) is 5.74. The molecule has 96 valence electrons. The summed E-state index contributed by atoms with van der Waals surface area (Å²) in [6, 6.07) is 2.07. The molecule has 1 rings (SSSR count). The molecule has 1 amide bonds. The summed E-state index contributed by atoms with van der Waals surface area (Å²) in [6.07, 6.45) is 2.52. The van der Waals surface area contributed by atoms with E-state index in [9.17, 15) is 4.79 Å². The summed E-state index contributed by atoms with van der Waals surface area (Å²) >= 11 is 5.09. The van der Waals surface area contributed by atoms with E-state index in [2.05, 4.69) is 39.6 Å². The van der Waals surface area contributed by atoms with E-state index in [1.807, 2.05) is 5.38 Å². The number of halogens is 1. The maximum atomic E-state index is 11.5. The van der Waals surface area contributed by atoms with Gasteiger partial charge in [0.05, 0.1) is 0 Å². The van der Waals surface area contributed by atoms with Gasteiger partial charge < -0.3 is 10.6 Å². The van der Waals surface area contributed by atoms with Crippen LogP contribution in [0.1, 0.15) is 24.6 Å². The molecular formula is C12H19BrN2OS. The first-order valence-corrected chi connectivity index (χ1v) is 7.60. The average Bonchev–Trinajstić information content (AvgIpc) is 2.72. The molecule has 0 aliphatic carbocycles. The van der Waals surface area contributed by atoms with Gasteiger partial charge in [0.15, 0.2) is 0 Å². The highest BCUT2D eigenvalue weighted by Gasteiger charge is 2.03. The van der Waals surface area contributed by atoms with Gasteiger partial charge in [0.1, 0.15) is 0 Å². The highest BCUT2D eigenvalue weighted by atomic mass is 79.9. The zero-order valence-corrected chi connectivity index (χ0v) is 12.5. The zero-order valence-electron chi connectivity index (χ0n) is 10.1. The van der Waals surface area contributed by atoms with E-state index >= 15 is 0 Å². The van der Waals surface area contributed by atoms with Crippen LogP contribution in [0.4, 0.5) is 0 Å². The number of rotatable bonds is 8. The van der Waals surface area contributed by atoms with Crippen molar-refractivity contribution in [3.63, 3.8) is 0 Å². The first-order chi connectivity index (χ1) is 8.22. The monoisotopic (exact) mass is 318 g/mol. The van der Waals surface area contributed by atoms with Gasteiger partial charge in [-0.2, -0.15) is 0 Å². The fraction of sp³-hybridized carbons (Fsp3) is 0.583.